The zero-order valence-electron chi connectivity index (χ0n) is 25.4. The van der Waals surface area contributed by atoms with Crippen molar-refractivity contribution >= 4 is 5.97 Å². The van der Waals surface area contributed by atoms with Crippen LogP contribution in [0.5, 0.6) is 5.75 Å². The lowest BCUT2D eigenvalue weighted by Crippen LogP contribution is -2.41. The number of carbonyl (C=O) groups excluding carboxylic acids is 1. The van der Waals surface area contributed by atoms with E-state index >= 15 is 0 Å². The van der Waals surface area contributed by atoms with E-state index in [4.69, 9.17) is 9.47 Å². The highest BCUT2D eigenvalue weighted by molar-refractivity contribution is 5.71. The molecule has 0 spiro atoms. The second-order valence-electron chi connectivity index (χ2n) is 13.8. The molecule has 3 aliphatic rings. The molecule has 5 heteroatoms. The summed E-state index contributed by atoms with van der Waals surface area (Å²) in [6.07, 6.45) is 9.79. The average Bonchev–Trinajstić information content (AvgIpc) is 3.29. The van der Waals surface area contributed by atoms with Gasteiger partial charge in [-0.1, -0.05) is 72.9 Å². The Kier molecular flexibility index (Phi) is 9.74. The van der Waals surface area contributed by atoms with Crippen LogP contribution in [0.2, 0.25) is 0 Å². The first-order valence-corrected chi connectivity index (χ1v) is 15.8. The molecule has 4 rings (SSSR count). The van der Waals surface area contributed by atoms with Crippen LogP contribution in [-0.2, 0) is 22.4 Å². The number of carbonyl (C=O) groups is 1. The summed E-state index contributed by atoms with van der Waals surface area (Å²) >= 11 is 0. The fourth-order valence-corrected chi connectivity index (χ4v) is 8.14. The van der Waals surface area contributed by atoms with Crippen LogP contribution in [0.4, 0.5) is 0 Å². The Balaban J connectivity index is 1.35. The van der Waals surface area contributed by atoms with E-state index in [0.717, 1.165) is 63.5 Å². The number of aliphatic hydroxyl groups is 2. The van der Waals surface area contributed by atoms with Crippen molar-refractivity contribution in [3.05, 3.63) is 29.3 Å². The molecule has 0 radical (unpaired) electrons. The number of unbranched alkanes of at least 4 members (excludes halogenated alkanes) is 2. The summed E-state index contributed by atoms with van der Waals surface area (Å²) in [7, 11) is 0. The Morgan fingerprint density at radius 2 is 1.87 bits per heavy atom. The Hall–Kier alpha value is -1.59. The van der Waals surface area contributed by atoms with Gasteiger partial charge in [0.2, 0.25) is 0 Å². The van der Waals surface area contributed by atoms with E-state index in [1.807, 2.05) is 12.1 Å². The van der Waals surface area contributed by atoms with Gasteiger partial charge in [-0.25, -0.2) is 4.79 Å². The van der Waals surface area contributed by atoms with E-state index in [0.29, 0.717) is 17.8 Å². The van der Waals surface area contributed by atoms with Crippen molar-refractivity contribution in [2.45, 2.75) is 130 Å². The van der Waals surface area contributed by atoms with Crippen LogP contribution >= 0.6 is 0 Å². The van der Waals surface area contributed by atoms with Gasteiger partial charge in [0.15, 0.2) is 6.61 Å². The van der Waals surface area contributed by atoms with E-state index in [1.54, 1.807) is 0 Å². The van der Waals surface area contributed by atoms with Crippen LogP contribution < -0.4 is 4.74 Å². The lowest BCUT2D eigenvalue weighted by molar-refractivity contribution is -0.159. The minimum Gasteiger partial charge on any atom is -0.482 e. The first kappa shape index (κ1) is 30.4. The fourth-order valence-electron chi connectivity index (χ4n) is 8.14. The first-order chi connectivity index (χ1) is 18.5. The molecule has 0 aromatic heterocycles. The molecule has 2 saturated carbocycles. The molecule has 0 bridgehead atoms. The molecule has 1 aromatic rings. The number of aliphatic hydroxyl groups excluding tert-OH is 2. The molecule has 0 heterocycles. The van der Waals surface area contributed by atoms with Gasteiger partial charge in [-0.05, 0) is 97.6 Å². The van der Waals surface area contributed by atoms with Crippen molar-refractivity contribution in [2.24, 2.45) is 34.5 Å². The Morgan fingerprint density at radius 3 is 2.59 bits per heavy atom. The number of hydrogen-bond acceptors (Lipinski definition) is 5. The van der Waals surface area contributed by atoms with Gasteiger partial charge >= 0.3 is 5.97 Å². The first-order valence-electron chi connectivity index (χ1n) is 15.8. The predicted molar refractivity (Wildman–Crippen MR) is 156 cm³/mol. The van der Waals surface area contributed by atoms with Crippen LogP contribution in [0.3, 0.4) is 0 Å². The largest absolute Gasteiger partial charge is 0.482 e. The third-order valence-electron chi connectivity index (χ3n) is 11.7. The SMILES string of the molecule is CCCCC[C@@H](O)CC[C@@H]1[C@H]2Cc3cccc(OCC(=O)O[C@@H]4C[C@@H](C)C(C)(C)[C@@]4(C)CC)c3C[C@H]2C[C@H]1O. The van der Waals surface area contributed by atoms with Gasteiger partial charge in [-0.2, -0.15) is 0 Å². The van der Waals surface area contributed by atoms with Crippen molar-refractivity contribution in [3.63, 3.8) is 0 Å². The van der Waals surface area contributed by atoms with Gasteiger partial charge in [0.05, 0.1) is 12.2 Å². The summed E-state index contributed by atoms with van der Waals surface area (Å²) in [5.41, 5.74) is 2.52. The Labute approximate surface area is 237 Å². The zero-order chi connectivity index (χ0) is 28.4. The monoisotopic (exact) mass is 542 g/mol. The number of fused-ring (bicyclic) bond motifs is 2. The van der Waals surface area contributed by atoms with E-state index in [1.165, 1.54) is 24.0 Å². The third kappa shape index (κ3) is 6.20. The topological polar surface area (TPSA) is 76.0 Å². The Morgan fingerprint density at radius 1 is 1.10 bits per heavy atom. The van der Waals surface area contributed by atoms with Crippen LogP contribution in [0.1, 0.15) is 110 Å². The molecule has 2 fully saturated rings. The number of benzene rings is 1. The van der Waals surface area contributed by atoms with Crippen molar-refractivity contribution < 1.29 is 24.5 Å². The minimum absolute atomic E-state index is 0.0472. The Bertz CT molecular complexity index is 972. The van der Waals surface area contributed by atoms with Crippen molar-refractivity contribution in [2.75, 3.05) is 6.61 Å². The quantitative estimate of drug-likeness (QED) is 0.222. The van der Waals surface area contributed by atoms with E-state index in [-0.39, 0.29) is 47.6 Å². The molecular formula is C34H54O5. The van der Waals surface area contributed by atoms with E-state index in [2.05, 4.69) is 47.6 Å². The highest BCUT2D eigenvalue weighted by atomic mass is 16.6. The maximum atomic E-state index is 12.9. The summed E-state index contributed by atoms with van der Waals surface area (Å²) < 4.78 is 12.2. The number of esters is 1. The molecule has 0 saturated heterocycles. The van der Waals surface area contributed by atoms with Gasteiger partial charge in [-0.15, -0.1) is 0 Å². The molecule has 1 aromatic carbocycles. The normalized spacial score (nSPS) is 33.8. The molecule has 39 heavy (non-hydrogen) atoms. The summed E-state index contributed by atoms with van der Waals surface area (Å²) in [5.74, 6) is 2.09. The van der Waals surface area contributed by atoms with Gasteiger partial charge in [0, 0.05) is 5.41 Å². The van der Waals surface area contributed by atoms with E-state index < -0.39 is 0 Å². The lowest BCUT2D eigenvalue weighted by Gasteiger charge is -2.42. The van der Waals surface area contributed by atoms with Crippen molar-refractivity contribution in [1.82, 2.24) is 0 Å². The van der Waals surface area contributed by atoms with Crippen LogP contribution in [0.15, 0.2) is 18.2 Å². The van der Waals surface area contributed by atoms with Gasteiger partial charge in [-0.3, -0.25) is 0 Å². The summed E-state index contributed by atoms with van der Waals surface area (Å²) in [6, 6.07) is 6.17. The molecule has 5 nitrogen and oxygen atoms in total. The molecule has 220 valence electrons. The summed E-state index contributed by atoms with van der Waals surface area (Å²) in [5, 5.41) is 21.4. The maximum Gasteiger partial charge on any atom is 0.344 e. The van der Waals surface area contributed by atoms with Gasteiger partial charge < -0.3 is 19.7 Å². The molecule has 3 aliphatic carbocycles. The van der Waals surface area contributed by atoms with Crippen LogP contribution in [-0.4, -0.2) is 41.1 Å². The number of ether oxygens (including phenoxy) is 2. The molecule has 0 aliphatic heterocycles. The zero-order valence-corrected chi connectivity index (χ0v) is 25.4. The van der Waals surface area contributed by atoms with E-state index in [9.17, 15) is 15.0 Å². The van der Waals surface area contributed by atoms with Gasteiger partial charge in [0.1, 0.15) is 11.9 Å². The minimum atomic E-state index is -0.303. The highest BCUT2D eigenvalue weighted by Crippen LogP contribution is 2.58. The second kappa shape index (κ2) is 12.5. The highest BCUT2D eigenvalue weighted by Gasteiger charge is 2.56. The van der Waals surface area contributed by atoms with Crippen molar-refractivity contribution in [1.29, 1.82) is 0 Å². The average molecular weight is 543 g/mol. The standard InChI is InChI=1S/C34H54O5/c1-7-9-10-13-25(35)15-16-26-27-18-23-12-11-14-30(28(23)19-24(27)20-29(26)36)38-21-32(37)39-31-17-22(3)33(4,5)34(31,6)8-2/h11-12,14,22,24-27,29,31,35-36H,7-10,13,15-21H2,1-6H3/t22-,24+,25-,26-,27+,29-,31-,34+/m1/s1. The van der Waals surface area contributed by atoms with Crippen LogP contribution in [0.25, 0.3) is 0 Å². The number of hydrogen-bond donors (Lipinski definition) is 2. The smallest absolute Gasteiger partial charge is 0.344 e. The summed E-state index contributed by atoms with van der Waals surface area (Å²) in [6.45, 7) is 13.4. The molecular weight excluding hydrogens is 488 g/mol. The molecule has 2 N–H and O–H groups in total. The number of rotatable bonds is 12. The molecule has 0 amide bonds. The predicted octanol–water partition coefficient (Wildman–Crippen LogP) is 6.89. The summed E-state index contributed by atoms with van der Waals surface area (Å²) in [4.78, 5) is 12.9. The fraction of sp³-hybridized carbons (Fsp3) is 0.794. The van der Waals surface area contributed by atoms with Crippen LogP contribution in [0, 0.1) is 34.5 Å². The third-order valence-corrected chi connectivity index (χ3v) is 11.7. The molecule has 0 unspecified atom stereocenters. The van der Waals surface area contributed by atoms with Crippen molar-refractivity contribution in [3.8, 4) is 5.75 Å². The maximum absolute atomic E-state index is 12.9. The lowest BCUT2D eigenvalue weighted by atomic mass is 9.64. The molecule has 8 atom stereocenters. The van der Waals surface area contributed by atoms with Gasteiger partial charge in [0.25, 0.3) is 0 Å². The second-order valence-corrected chi connectivity index (χ2v) is 13.8.